The van der Waals surface area contributed by atoms with Crippen LogP contribution in [0.2, 0.25) is 5.02 Å². The van der Waals surface area contributed by atoms with Crippen LogP contribution in [0.4, 0.5) is 0 Å². The molecule has 0 aliphatic rings. The van der Waals surface area contributed by atoms with Gasteiger partial charge in [0.25, 0.3) is 5.56 Å². The first-order valence-electron chi connectivity index (χ1n) is 3.43. The van der Waals surface area contributed by atoms with E-state index in [4.69, 9.17) is 22.0 Å². The maximum absolute atomic E-state index is 11.3. The molecule has 1 rings (SSSR count). The number of nitriles is 1. The molecule has 0 unspecified atom stereocenters. The summed E-state index contributed by atoms with van der Waals surface area (Å²) in [5.41, 5.74) is -1.11. The summed E-state index contributed by atoms with van der Waals surface area (Å²) in [5, 5.41) is 20.3. The summed E-state index contributed by atoms with van der Waals surface area (Å²) in [6.45, 7) is -0.593. The molecule has 0 saturated carbocycles. The van der Waals surface area contributed by atoms with E-state index in [0.717, 1.165) is 6.20 Å². The van der Waals surface area contributed by atoms with E-state index < -0.39 is 18.1 Å². The van der Waals surface area contributed by atoms with Crippen LogP contribution in [0.15, 0.2) is 11.0 Å². The van der Waals surface area contributed by atoms with Crippen molar-refractivity contribution >= 4 is 17.6 Å². The monoisotopic (exact) mass is 213 g/mol. The van der Waals surface area contributed by atoms with Crippen molar-refractivity contribution < 1.29 is 9.90 Å². The molecule has 0 aliphatic heterocycles. The molecule has 0 fully saturated rings. The molecular formula is C7H4ClN3O3. The molecule has 0 aliphatic carbocycles. The lowest BCUT2D eigenvalue weighted by Gasteiger charge is -2.00. The first kappa shape index (κ1) is 10.2. The second-order valence-electron chi connectivity index (χ2n) is 2.34. The maximum Gasteiger partial charge on any atom is 0.325 e. The second-order valence-corrected chi connectivity index (χ2v) is 2.74. The summed E-state index contributed by atoms with van der Waals surface area (Å²) in [6, 6.07) is 1.58. The minimum absolute atomic E-state index is 0.0841. The Hall–Kier alpha value is -1.87. The van der Waals surface area contributed by atoms with Crippen molar-refractivity contribution in [3.05, 3.63) is 27.1 Å². The Bertz CT molecular complexity index is 474. The largest absolute Gasteiger partial charge is 0.480 e. The summed E-state index contributed by atoms with van der Waals surface area (Å²) in [7, 11) is 0. The highest BCUT2D eigenvalue weighted by Gasteiger charge is 2.10. The molecule has 0 bridgehead atoms. The number of carboxylic acid groups (broad SMARTS) is 1. The van der Waals surface area contributed by atoms with Gasteiger partial charge in [-0.3, -0.25) is 9.59 Å². The lowest BCUT2D eigenvalue weighted by Crippen LogP contribution is -2.28. The van der Waals surface area contributed by atoms with Crippen LogP contribution in [0.1, 0.15) is 5.56 Å². The first-order chi connectivity index (χ1) is 6.56. The van der Waals surface area contributed by atoms with Gasteiger partial charge in [0.05, 0.1) is 11.2 Å². The molecule has 0 aromatic carbocycles. The first-order valence-corrected chi connectivity index (χ1v) is 3.81. The number of aromatic nitrogens is 2. The highest BCUT2D eigenvalue weighted by atomic mass is 35.5. The molecule has 6 nitrogen and oxygen atoms in total. The van der Waals surface area contributed by atoms with Crippen LogP contribution in [0.3, 0.4) is 0 Å². The summed E-state index contributed by atoms with van der Waals surface area (Å²) in [5.74, 6) is -1.22. The van der Waals surface area contributed by atoms with Crippen LogP contribution in [0.25, 0.3) is 0 Å². The predicted octanol–water partition coefficient (Wildman–Crippen LogP) is -0.147. The number of rotatable bonds is 2. The molecular weight excluding hydrogens is 210 g/mol. The van der Waals surface area contributed by atoms with Gasteiger partial charge in [-0.1, -0.05) is 11.6 Å². The zero-order valence-electron chi connectivity index (χ0n) is 6.77. The standard InChI is InChI=1S/C7H4ClN3O3/c8-5-2-10-11(3-6(12)13)7(14)4(5)1-9/h2H,3H2,(H,12,13). The van der Waals surface area contributed by atoms with Crippen molar-refractivity contribution in [2.24, 2.45) is 0 Å². The van der Waals surface area contributed by atoms with E-state index in [1.165, 1.54) is 0 Å². The minimum atomic E-state index is -1.22. The average Bonchev–Trinajstić information content (AvgIpc) is 2.10. The Labute approximate surface area is 83.0 Å². The number of nitrogens with zero attached hydrogens (tertiary/aromatic N) is 3. The van der Waals surface area contributed by atoms with Crippen LogP contribution in [0, 0.1) is 11.3 Å². The summed E-state index contributed by atoms with van der Waals surface area (Å²) in [6.07, 6.45) is 1.06. The zero-order chi connectivity index (χ0) is 10.7. The fraction of sp³-hybridized carbons (Fsp3) is 0.143. The van der Waals surface area contributed by atoms with Gasteiger partial charge in [0.1, 0.15) is 18.2 Å². The van der Waals surface area contributed by atoms with Gasteiger partial charge in [-0.05, 0) is 0 Å². The highest BCUT2D eigenvalue weighted by Crippen LogP contribution is 2.07. The molecule has 1 heterocycles. The average molecular weight is 214 g/mol. The zero-order valence-corrected chi connectivity index (χ0v) is 7.52. The van der Waals surface area contributed by atoms with Gasteiger partial charge in [0.15, 0.2) is 0 Å². The Morgan fingerprint density at radius 3 is 2.93 bits per heavy atom. The maximum atomic E-state index is 11.3. The van der Waals surface area contributed by atoms with Crippen LogP contribution >= 0.6 is 11.6 Å². The topological polar surface area (TPSA) is 96.0 Å². The van der Waals surface area contributed by atoms with E-state index in [-0.39, 0.29) is 10.6 Å². The van der Waals surface area contributed by atoms with Gasteiger partial charge >= 0.3 is 5.97 Å². The number of hydrogen-bond donors (Lipinski definition) is 1. The van der Waals surface area contributed by atoms with Gasteiger partial charge in [0, 0.05) is 0 Å². The van der Waals surface area contributed by atoms with E-state index in [1.807, 2.05) is 0 Å². The molecule has 1 aromatic rings. The van der Waals surface area contributed by atoms with Crippen LogP contribution in [-0.4, -0.2) is 20.9 Å². The van der Waals surface area contributed by atoms with Gasteiger partial charge in [-0.2, -0.15) is 10.4 Å². The fourth-order valence-corrected chi connectivity index (χ4v) is 0.977. The Morgan fingerprint density at radius 2 is 2.43 bits per heavy atom. The lowest BCUT2D eigenvalue weighted by atomic mass is 10.3. The van der Waals surface area contributed by atoms with E-state index in [9.17, 15) is 9.59 Å². The van der Waals surface area contributed by atoms with E-state index in [1.54, 1.807) is 6.07 Å². The Kier molecular flexibility index (Phi) is 2.84. The summed E-state index contributed by atoms with van der Waals surface area (Å²) < 4.78 is 0.659. The predicted molar refractivity (Wildman–Crippen MR) is 45.9 cm³/mol. The van der Waals surface area contributed by atoms with E-state index in [2.05, 4.69) is 5.10 Å². The molecule has 0 amide bonds. The van der Waals surface area contributed by atoms with Gasteiger partial charge in [-0.25, -0.2) is 4.68 Å². The number of carboxylic acids is 1. The van der Waals surface area contributed by atoms with Crippen LogP contribution in [-0.2, 0) is 11.3 Å². The molecule has 14 heavy (non-hydrogen) atoms. The van der Waals surface area contributed by atoms with Crippen LogP contribution < -0.4 is 5.56 Å². The second kappa shape index (κ2) is 3.89. The number of hydrogen-bond acceptors (Lipinski definition) is 4. The number of aliphatic carboxylic acids is 1. The van der Waals surface area contributed by atoms with E-state index >= 15 is 0 Å². The lowest BCUT2D eigenvalue weighted by molar-refractivity contribution is -0.138. The Balaban J connectivity index is 3.31. The summed E-state index contributed by atoms with van der Waals surface area (Å²) in [4.78, 5) is 21.6. The SMILES string of the molecule is N#Cc1c(Cl)cnn(CC(=O)O)c1=O. The van der Waals surface area contributed by atoms with Crippen molar-refractivity contribution in [1.82, 2.24) is 9.78 Å². The van der Waals surface area contributed by atoms with Gasteiger partial charge in [-0.15, -0.1) is 0 Å². The van der Waals surface area contributed by atoms with Gasteiger partial charge < -0.3 is 5.11 Å². The molecule has 1 aromatic heterocycles. The number of halogens is 1. The van der Waals surface area contributed by atoms with Crippen molar-refractivity contribution in [3.8, 4) is 6.07 Å². The number of carbonyl (C=O) groups is 1. The van der Waals surface area contributed by atoms with E-state index in [0.29, 0.717) is 4.68 Å². The van der Waals surface area contributed by atoms with Crippen LogP contribution in [0.5, 0.6) is 0 Å². The van der Waals surface area contributed by atoms with Crippen molar-refractivity contribution in [2.45, 2.75) is 6.54 Å². The highest BCUT2D eigenvalue weighted by molar-refractivity contribution is 6.31. The molecule has 72 valence electrons. The molecule has 0 atom stereocenters. The fourth-order valence-electron chi connectivity index (χ4n) is 0.811. The smallest absolute Gasteiger partial charge is 0.325 e. The quantitative estimate of drug-likeness (QED) is 0.737. The third-order valence-electron chi connectivity index (χ3n) is 1.39. The van der Waals surface area contributed by atoms with Crippen molar-refractivity contribution in [1.29, 1.82) is 5.26 Å². The molecule has 7 heteroatoms. The third kappa shape index (κ3) is 1.89. The normalized spacial score (nSPS) is 9.43. The minimum Gasteiger partial charge on any atom is -0.480 e. The molecule has 1 N–H and O–H groups in total. The third-order valence-corrected chi connectivity index (χ3v) is 1.68. The van der Waals surface area contributed by atoms with Crippen molar-refractivity contribution in [3.63, 3.8) is 0 Å². The molecule has 0 spiro atoms. The molecule has 0 radical (unpaired) electrons. The van der Waals surface area contributed by atoms with Gasteiger partial charge in [0.2, 0.25) is 0 Å². The molecule has 0 saturated heterocycles. The Morgan fingerprint density at radius 1 is 1.79 bits per heavy atom. The summed E-state index contributed by atoms with van der Waals surface area (Å²) >= 11 is 5.49. The van der Waals surface area contributed by atoms with Crippen molar-refractivity contribution in [2.75, 3.05) is 0 Å².